The maximum atomic E-state index is 12.0. The van der Waals surface area contributed by atoms with Crippen LogP contribution in [0.1, 0.15) is 0 Å². The second-order valence-electron chi connectivity index (χ2n) is 4.22. The summed E-state index contributed by atoms with van der Waals surface area (Å²) in [5, 5.41) is 13.3. The molecule has 1 aromatic carbocycles. The lowest BCUT2D eigenvalue weighted by molar-refractivity contribution is -0.384. The number of carbonyl (C=O) groups excluding carboxylic acids is 1. The van der Waals surface area contributed by atoms with Gasteiger partial charge in [0.05, 0.1) is 29.7 Å². The summed E-state index contributed by atoms with van der Waals surface area (Å²) in [6, 6.07) is 3.81. The highest BCUT2D eigenvalue weighted by molar-refractivity contribution is 9.10. The predicted molar refractivity (Wildman–Crippen MR) is 71.7 cm³/mol. The van der Waals surface area contributed by atoms with Crippen LogP contribution in [-0.2, 0) is 9.53 Å². The molecule has 2 unspecified atom stereocenters. The number of hydrogen-bond donors (Lipinski definition) is 2. The number of anilines is 1. The maximum Gasteiger partial charge on any atom is 0.271 e. The van der Waals surface area contributed by atoms with Crippen LogP contribution in [0.2, 0.25) is 0 Å². The maximum absolute atomic E-state index is 12.0. The molecule has 102 valence electrons. The molecule has 0 radical (unpaired) electrons. The lowest BCUT2D eigenvalue weighted by Gasteiger charge is -2.14. The molecule has 1 fully saturated rings. The highest BCUT2D eigenvalue weighted by atomic mass is 79.9. The summed E-state index contributed by atoms with van der Waals surface area (Å²) in [6.45, 7) is 0.605. The molecule has 1 aliphatic rings. The number of amides is 1. The molecule has 0 aliphatic carbocycles. The number of ether oxygens (including phenoxy) is 1. The van der Waals surface area contributed by atoms with Crippen LogP contribution in [0, 0.1) is 16.0 Å². The molecule has 2 atom stereocenters. The fourth-order valence-electron chi connectivity index (χ4n) is 1.79. The van der Waals surface area contributed by atoms with Crippen molar-refractivity contribution in [3.05, 3.63) is 32.8 Å². The molecule has 8 heteroatoms. The van der Waals surface area contributed by atoms with Gasteiger partial charge in [0.1, 0.15) is 0 Å². The smallest absolute Gasteiger partial charge is 0.271 e. The third-order valence-electron chi connectivity index (χ3n) is 2.88. The lowest BCUT2D eigenvalue weighted by Crippen LogP contribution is -2.37. The van der Waals surface area contributed by atoms with Gasteiger partial charge in [-0.3, -0.25) is 14.9 Å². The number of halogens is 1. The summed E-state index contributed by atoms with van der Waals surface area (Å²) < 4.78 is 5.68. The summed E-state index contributed by atoms with van der Waals surface area (Å²) >= 11 is 3.23. The van der Waals surface area contributed by atoms with Gasteiger partial charge in [-0.25, -0.2) is 0 Å². The summed E-state index contributed by atoms with van der Waals surface area (Å²) in [5.41, 5.74) is 6.00. The average Bonchev–Trinajstić information content (AvgIpc) is 2.78. The van der Waals surface area contributed by atoms with Crippen molar-refractivity contribution in [1.82, 2.24) is 0 Å². The highest BCUT2D eigenvalue weighted by Crippen LogP contribution is 2.28. The van der Waals surface area contributed by atoms with E-state index in [1.807, 2.05) is 0 Å². The molecule has 1 saturated heterocycles. The number of nitrogens with one attached hydrogen (secondary N) is 1. The second kappa shape index (κ2) is 5.64. The number of rotatable bonds is 3. The number of nitrogens with zero attached hydrogens (tertiary/aromatic N) is 1. The first kappa shape index (κ1) is 13.9. The van der Waals surface area contributed by atoms with E-state index >= 15 is 0 Å². The van der Waals surface area contributed by atoms with Gasteiger partial charge < -0.3 is 15.8 Å². The monoisotopic (exact) mass is 329 g/mol. The molecule has 0 bridgehead atoms. The largest absolute Gasteiger partial charge is 0.379 e. The Kier molecular flexibility index (Phi) is 4.13. The second-order valence-corrected chi connectivity index (χ2v) is 5.07. The standard InChI is InChI=1S/C11H12BrN3O4/c12-8-2-1-6(15(17)18)3-10(8)14-11(16)7-4-19-5-9(7)13/h1-3,7,9H,4-5,13H2,(H,14,16). The normalized spacial score (nSPS) is 22.2. The molecule has 19 heavy (non-hydrogen) atoms. The van der Waals surface area contributed by atoms with Crippen LogP contribution in [0.4, 0.5) is 11.4 Å². The molecular formula is C11H12BrN3O4. The topological polar surface area (TPSA) is 107 Å². The van der Waals surface area contributed by atoms with Gasteiger partial charge in [-0.05, 0) is 22.0 Å². The van der Waals surface area contributed by atoms with Crippen molar-refractivity contribution in [3.8, 4) is 0 Å². The van der Waals surface area contributed by atoms with Gasteiger partial charge in [0.2, 0.25) is 5.91 Å². The van der Waals surface area contributed by atoms with E-state index in [-0.39, 0.29) is 24.2 Å². The van der Waals surface area contributed by atoms with E-state index in [2.05, 4.69) is 21.2 Å². The van der Waals surface area contributed by atoms with Crippen LogP contribution in [-0.4, -0.2) is 30.1 Å². The Hall–Kier alpha value is -1.51. The number of benzene rings is 1. The minimum atomic E-state index is -0.521. The van der Waals surface area contributed by atoms with Crippen molar-refractivity contribution >= 4 is 33.2 Å². The third-order valence-corrected chi connectivity index (χ3v) is 3.57. The Bertz CT molecular complexity index is 523. The molecule has 3 N–H and O–H groups in total. The zero-order valence-corrected chi connectivity index (χ0v) is 11.4. The van der Waals surface area contributed by atoms with E-state index in [0.29, 0.717) is 16.8 Å². The molecule has 1 amide bonds. The molecule has 1 aromatic rings. The Morgan fingerprint density at radius 1 is 1.53 bits per heavy atom. The first-order valence-corrected chi connectivity index (χ1v) is 6.36. The third kappa shape index (κ3) is 3.09. The van der Waals surface area contributed by atoms with E-state index < -0.39 is 10.8 Å². The zero-order chi connectivity index (χ0) is 14.0. The number of hydrogen-bond acceptors (Lipinski definition) is 5. The van der Waals surface area contributed by atoms with Crippen LogP contribution in [0.25, 0.3) is 0 Å². The van der Waals surface area contributed by atoms with Crippen molar-refractivity contribution in [2.45, 2.75) is 6.04 Å². The summed E-state index contributed by atoms with van der Waals surface area (Å²) in [6.07, 6.45) is 0. The molecule has 0 spiro atoms. The van der Waals surface area contributed by atoms with Crippen molar-refractivity contribution in [2.24, 2.45) is 11.7 Å². The van der Waals surface area contributed by atoms with Crippen molar-refractivity contribution in [1.29, 1.82) is 0 Å². The Balaban J connectivity index is 2.16. The molecule has 2 rings (SSSR count). The predicted octanol–water partition coefficient (Wildman–Crippen LogP) is 1.27. The molecule has 7 nitrogen and oxygen atoms in total. The molecular weight excluding hydrogens is 318 g/mol. The fourth-order valence-corrected chi connectivity index (χ4v) is 2.13. The summed E-state index contributed by atoms with van der Waals surface area (Å²) in [4.78, 5) is 22.2. The van der Waals surface area contributed by atoms with Crippen LogP contribution in [0.5, 0.6) is 0 Å². The number of nitro benzene ring substituents is 1. The van der Waals surface area contributed by atoms with Gasteiger partial charge in [0.25, 0.3) is 5.69 Å². The van der Waals surface area contributed by atoms with Crippen molar-refractivity contribution in [2.75, 3.05) is 18.5 Å². The van der Waals surface area contributed by atoms with Crippen molar-refractivity contribution in [3.63, 3.8) is 0 Å². The van der Waals surface area contributed by atoms with E-state index in [4.69, 9.17) is 10.5 Å². The van der Waals surface area contributed by atoms with Crippen LogP contribution >= 0.6 is 15.9 Å². The fraction of sp³-hybridized carbons (Fsp3) is 0.364. The average molecular weight is 330 g/mol. The Morgan fingerprint density at radius 2 is 2.26 bits per heavy atom. The first-order valence-electron chi connectivity index (χ1n) is 5.57. The summed E-state index contributed by atoms with van der Waals surface area (Å²) in [5.74, 6) is -0.739. The van der Waals surface area contributed by atoms with Crippen LogP contribution < -0.4 is 11.1 Å². The van der Waals surface area contributed by atoms with E-state index in [9.17, 15) is 14.9 Å². The zero-order valence-electron chi connectivity index (χ0n) is 9.84. The number of non-ortho nitro benzene ring substituents is 1. The van der Waals surface area contributed by atoms with Gasteiger partial charge in [-0.1, -0.05) is 0 Å². The minimum Gasteiger partial charge on any atom is -0.379 e. The SMILES string of the molecule is NC1COCC1C(=O)Nc1cc([N+](=O)[O-])ccc1Br. The molecule has 1 heterocycles. The van der Waals surface area contributed by atoms with Gasteiger partial charge in [-0.2, -0.15) is 0 Å². The van der Waals surface area contributed by atoms with E-state index in [1.165, 1.54) is 18.2 Å². The van der Waals surface area contributed by atoms with E-state index in [1.54, 1.807) is 0 Å². The number of nitrogens with two attached hydrogens (primary N) is 1. The lowest BCUT2D eigenvalue weighted by atomic mass is 10.0. The summed E-state index contributed by atoms with van der Waals surface area (Å²) in [7, 11) is 0. The van der Waals surface area contributed by atoms with Crippen LogP contribution in [0.15, 0.2) is 22.7 Å². The minimum absolute atomic E-state index is 0.0922. The number of carbonyl (C=O) groups is 1. The Morgan fingerprint density at radius 3 is 2.84 bits per heavy atom. The molecule has 1 aliphatic heterocycles. The number of nitro groups is 1. The van der Waals surface area contributed by atoms with Gasteiger partial charge in [0, 0.05) is 22.6 Å². The van der Waals surface area contributed by atoms with Crippen molar-refractivity contribution < 1.29 is 14.5 Å². The van der Waals surface area contributed by atoms with Gasteiger partial charge in [0.15, 0.2) is 0 Å². The van der Waals surface area contributed by atoms with Gasteiger partial charge in [-0.15, -0.1) is 0 Å². The Labute approximate surface area is 117 Å². The quantitative estimate of drug-likeness (QED) is 0.641. The highest BCUT2D eigenvalue weighted by Gasteiger charge is 2.31. The molecule has 0 saturated carbocycles. The molecule has 0 aromatic heterocycles. The van der Waals surface area contributed by atoms with Crippen LogP contribution in [0.3, 0.4) is 0 Å². The van der Waals surface area contributed by atoms with E-state index in [0.717, 1.165) is 0 Å². The van der Waals surface area contributed by atoms with Gasteiger partial charge >= 0.3 is 0 Å². The first-order chi connectivity index (χ1) is 8.99.